The van der Waals surface area contributed by atoms with Gasteiger partial charge in [0.25, 0.3) is 0 Å². The molecule has 0 spiro atoms. The molecule has 5 aliphatic rings. The summed E-state index contributed by atoms with van der Waals surface area (Å²) in [6.07, 6.45) is 4.57. The summed E-state index contributed by atoms with van der Waals surface area (Å²) < 4.78 is 26.4. The Bertz CT molecular complexity index is 1220. The van der Waals surface area contributed by atoms with E-state index < -0.39 is 0 Å². The normalized spacial score (nSPS) is 39.0. The summed E-state index contributed by atoms with van der Waals surface area (Å²) in [5, 5.41) is 0. The Hall–Kier alpha value is -2.82. The molecular weight excluding hydrogens is 570 g/mol. The highest BCUT2D eigenvalue weighted by atomic mass is 16.6. The van der Waals surface area contributed by atoms with Crippen LogP contribution >= 0.6 is 0 Å². The summed E-state index contributed by atoms with van der Waals surface area (Å²) in [6, 6.07) is 22.2. The number of ether oxygens (including phenoxy) is 4. The van der Waals surface area contributed by atoms with E-state index in [4.69, 9.17) is 18.9 Å². The van der Waals surface area contributed by atoms with E-state index >= 15 is 0 Å². The van der Waals surface area contributed by atoms with E-state index in [1.807, 2.05) is 12.1 Å². The topological polar surface area (TPSA) is 113 Å². The summed E-state index contributed by atoms with van der Waals surface area (Å²) in [4.78, 5) is 29.3. The van der Waals surface area contributed by atoms with Crippen LogP contribution in [0.4, 0.5) is 0 Å². The Balaban J connectivity index is 0.00000357. The third-order valence-corrected chi connectivity index (χ3v) is 11.3. The Morgan fingerprint density at radius 2 is 0.978 bits per heavy atom. The van der Waals surface area contributed by atoms with Crippen molar-refractivity contribution < 1.29 is 28.5 Å². The van der Waals surface area contributed by atoms with Gasteiger partial charge in [-0.3, -0.25) is 19.4 Å². The molecule has 4 saturated heterocycles. The molecule has 7 rings (SSSR count). The van der Waals surface area contributed by atoms with Crippen molar-refractivity contribution in [3.05, 3.63) is 71.8 Å². The van der Waals surface area contributed by atoms with Gasteiger partial charge in [-0.15, -0.1) is 0 Å². The molecule has 0 amide bonds. The second-order valence-corrected chi connectivity index (χ2v) is 13.7. The lowest BCUT2D eigenvalue weighted by atomic mass is 9.62. The molecule has 45 heavy (non-hydrogen) atoms. The van der Waals surface area contributed by atoms with Crippen molar-refractivity contribution >= 4 is 11.9 Å². The smallest absolute Gasteiger partial charge is 0.303 e. The molecule has 2 aromatic rings. The first-order valence-corrected chi connectivity index (χ1v) is 16.5. The number of carbonyl (C=O) groups is 2. The van der Waals surface area contributed by atoms with Gasteiger partial charge >= 0.3 is 11.9 Å². The maximum Gasteiger partial charge on any atom is 0.303 e. The van der Waals surface area contributed by atoms with Gasteiger partial charge in [-0.05, 0) is 63.7 Å². The van der Waals surface area contributed by atoms with Crippen LogP contribution in [0.1, 0.15) is 75.3 Å². The fourth-order valence-corrected chi connectivity index (χ4v) is 9.23. The number of benzene rings is 2. The first-order chi connectivity index (χ1) is 21.3. The first kappa shape index (κ1) is 32.1. The Morgan fingerprint density at radius 1 is 0.600 bits per heavy atom. The van der Waals surface area contributed by atoms with Gasteiger partial charge in [-0.25, -0.2) is 0 Å². The van der Waals surface area contributed by atoms with Crippen LogP contribution in [0.2, 0.25) is 0 Å². The quantitative estimate of drug-likeness (QED) is 0.415. The average molecular weight is 620 g/mol. The number of rotatable bonds is 8. The van der Waals surface area contributed by atoms with Crippen molar-refractivity contribution in [3.8, 4) is 0 Å². The minimum Gasteiger partial charge on any atom is -0.458 e. The summed E-state index contributed by atoms with van der Waals surface area (Å²) in [5.74, 6) is -0.562. The molecule has 2 aromatic carbocycles. The van der Waals surface area contributed by atoms with Gasteiger partial charge in [0.05, 0.1) is 24.4 Å². The van der Waals surface area contributed by atoms with E-state index in [-0.39, 0.29) is 78.6 Å². The monoisotopic (exact) mass is 619 g/mol. The molecule has 0 aromatic heterocycles. The Labute approximate surface area is 267 Å². The first-order valence-electron chi connectivity index (χ1n) is 16.5. The third-order valence-electron chi connectivity index (χ3n) is 11.3. The minimum absolute atomic E-state index is 0. The zero-order valence-corrected chi connectivity index (χ0v) is 27.0. The molecule has 4 heterocycles. The molecular formula is C36H49N3O6. The van der Waals surface area contributed by atoms with E-state index in [0.717, 1.165) is 38.5 Å². The number of likely N-dealkylation sites (N-methyl/N-ethyl adjacent to an activating group) is 2. The Kier molecular flexibility index (Phi) is 9.37. The Morgan fingerprint density at radius 3 is 1.33 bits per heavy atom. The summed E-state index contributed by atoms with van der Waals surface area (Å²) in [5.41, 5.74) is 2.35. The molecule has 5 fully saturated rings. The van der Waals surface area contributed by atoms with Gasteiger partial charge in [0, 0.05) is 49.9 Å². The van der Waals surface area contributed by atoms with E-state index in [1.165, 1.54) is 25.0 Å². The van der Waals surface area contributed by atoms with Crippen LogP contribution < -0.4 is 6.15 Å². The lowest BCUT2D eigenvalue weighted by Crippen LogP contribution is -2.62. The van der Waals surface area contributed by atoms with Crippen LogP contribution in [-0.4, -0.2) is 96.6 Å². The van der Waals surface area contributed by atoms with E-state index in [0.29, 0.717) is 12.1 Å². The summed E-state index contributed by atoms with van der Waals surface area (Å²) in [7, 11) is 4.30. The van der Waals surface area contributed by atoms with Crippen molar-refractivity contribution in [2.75, 3.05) is 14.1 Å². The molecule has 1 saturated carbocycles. The summed E-state index contributed by atoms with van der Waals surface area (Å²) >= 11 is 0. The van der Waals surface area contributed by atoms with Gasteiger partial charge in [-0.1, -0.05) is 60.7 Å². The van der Waals surface area contributed by atoms with E-state index in [2.05, 4.69) is 72.4 Å². The van der Waals surface area contributed by atoms with E-state index in [1.54, 1.807) is 0 Å². The molecule has 0 radical (unpaired) electrons. The summed E-state index contributed by atoms with van der Waals surface area (Å²) in [6.45, 7) is 3.00. The van der Waals surface area contributed by atoms with Crippen LogP contribution in [0.3, 0.4) is 0 Å². The van der Waals surface area contributed by atoms with Gasteiger partial charge in [0.2, 0.25) is 0 Å². The number of hydrogen-bond acceptors (Lipinski definition) is 9. The minimum atomic E-state index is -0.304. The van der Waals surface area contributed by atoms with Gasteiger partial charge in [-0.2, -0.15) is 0 Å². The predicted octanol–water partition coefficient (Wildman–Crippen LogP) is 4.83. The van der Waals surface area contributed by atoms with Crippen molar-refractivity contribution in [3.63, 3.8) is 0 Å². The molecule has 4 bridgehead atoms. The van der Waals surface area contributed by atoms with Crippen LogP contribution in [0.15, 0.2) is 60.7 Å². The van der Waals surface area contributed by atoms with Crippen LogP contribution in [0.25, 0.3) is 0 Å². The number of nitrogens with zero attached hydrogens (tertiary/aromatic N) is 2. The van der Waals surface area contributed by atoms with E-state index in [9.17, 15) is 9.59 Å². The number of hydrogen-bond donors (Lipinski definition) is 1. The molecule has 1 aliphatic carbocycles. The molecule has 3 N–H and O–H groups in total. The van der Waals surface area contributed by atoms with Crippen molar-refractivity contribution in [2.45, 2.75) is 125 Å². The van der Waals surface area contributed by atoms with Gasteiger partial charge in [0.15, 0.2) is 0 Å². The highest BCUT2D eigenvalue weighted by molar-refractivity contribution is 5.66. The van der Waals surface area contributed by atoms with Crippen molar-refractivity contribution in [1.29, 1.82) is 0 Å². The van der Waals surface area contributed by atoms with Crippen LogP contribution in [0.5, 0.6) is 0 Å². The van der Waals surface area contributed by atoms with Crippen LogP contribution in [-0.2, 0) is 28.5 Å². The lowest BCUT2D eigenvalue weighted by Gasteiger charge is -2.56. The fourth-order valence-electron chi connectivity index (χ4n) is 9.23. The van der Waals surface area contributed by atoms with Crippen molar-refractivity contribution in [2.24, 2.45) is 0 Å². The standard InChI is InChI=1S/C36H46N2O6.H3N/c1-21(39)41-33-27-17-15-25(37(27)3)19-29(33)43-35-31(23-11-7-5-8-12-23)36(32(35)24-13-9-6-10-14-24)44-30-20-26-16-18-28(38(26)4)34(30)42-22(2)40;/h5-14,25-36H,15-20H2,1-4H3;1H3. The van der Waals surface area contributed by atoms with Crippen LogP contribution in [0, 0.1) is 0 Å². The molecule has 9 nitrogen and oxygen atoms in total. The molecule has 9 heteroatoms. The number of fused-ring (bicyclic) bond motifs is 4. The van der Waals surface area contributed by atoms with Gasteiger partial charge < -0.3 is 25.1 Å². The molecule has 4 aliphatic heterocycles. The lowest BCUT2D eigenvalue weighted by molar-refractivity contribution is -0.231. The average Bonchev–Trinajstić information content (AvgIpc) is 3.40. The molecule has 244 valence electrons. The zero-order valence-electron chi connectivity index (χ0n) is 27.0. The maximum absolute atomic E-state index is 12.3. The second kappa shape index (κ2) is 13.1. The molecule has 8 unspecified atom stereocenters. The number of piperidine rings is 2. The third kappa shape index (κ3) is 5.94. The SMILES string of the molecule is CC(=O)OC1C(OC2C(c3ccccc3)C(OC3CC4CCC(C3OC(C)=O)N4C)C2c2ccccc2)CC2CCC1N2C.N. The zero-order chi connectivity index (χ0) is 30.5. The second-order valence-electron chi connectivity index (χ2n) is 13.7. The molecule has 8 atom stereocenters. The highest BCUT2D eigenvalue weighted by Gasteiger charge is 2.59. The van der Waals surface area contributed by atoms with Crippen molar-refractivity contribution in [1.82, 2.24) is 16.0 Å². The maximum atomic E-state index is 12.3. The number of carbonyl (C=O) groups excluding carboxylic acids is 2. The van der Waals surface area contributed by atoms with Gasteiger partial charge in [0.1, 0.15) is 12.2 Å². The predicted molar refractivity (Wildman–Crippen MR) is 170 cm³/mol. The highest BCUT2D eigenvalue weighted by Crippen LogP contribution is 2.54. The number of esters is 2. The largest absolute Gasteiger partial charge is 0.458 e. The fraction of sp³-hybridized carbons (Fsp3) is 0.611.